The molecule has 0 saturated carbocycles. The molecular formula is C71H110N24O11S2. The number of hydrogen-bond donors (Lipinski definition) is 21. The first-order chi connectivity index (χ1) is 52.0. The topological polar surface area (TPSA) is 574 Å². The van der Waals surface area contributed by atoms with Crippen molar-refractivity contribution in [2.45, 2.75) is 208 Å². The van der Waals surface area contributed by atoms with E-state index in [4.69, 9.17) is 34.4 Å². The van der Waals surface area contributed by atoms with Gasteiger partial charge in [-0.1, -0.05) is 70.1 Å². The van der Waals surface area contributed by atoms with Gasteiger partial charge in [-0.25, -0.2) is 9.97 Å². The van der Waals surface area contributed by atoms with E-state index in [9.17, 15) is 38.4 Å². The Morgan fingerprint density at radius 3 is 1.35 bits per heavy atom. The molecule has 0 spiro atoms. The highest BCUT2D eigenvalue weighted by atomic mass is 33.1. The molecule has 0 radical (unpaired) electrons. The molecule has 1 aliphatic heterocycles. The summed E-state index contributed by atoms with van der Waals surface area (Å²) in [5.74, 6) is -8.93. The first-order valence-electron chi connectivity index (χ1n) is 36.7. The van der Waals surface area contributed by atoms with Crippen LogP contribution in [-0.2, 0) is 78.4 Å². The summed E-state index contributed by atoms with van der Waals surface area (Å²) in [6.07, 6.45) is 11.6. The fraction of sp³-hybridized carbons (Fsp3) is 0.549. The van der Waals surface area contributed by atoms with Gasteiger partial charge in [0.15, 0.2) is 11.3 Å². The molecule has 2 aromatic carbocycles. The number of amides is 11. The summed E-state index contributed by atoms with van der Waals surface area (Å²) < 4.78 is 0. The summed E-state index contributed by atoms with van der Waals surface area (Å²) in [6, 6.07) is 2.81. The zero-order valence-corrected chi connectivity index (χ0v) is 63.2. The number of unbranched alkanes of at least 4 members (excludes halogenated alkanes) is 4. The van der Waals surface area contributed by atoms with E-state index in [0.29, 0.717) is 68.3 Å². The van der Waals surface area contributed by atoms with Gasteiger partial charge in [0.1, 0.15) is 54.4 Å². The van der Waals surface area contributed by atoms with Crippen LogP contribution in [0.15, 0.2) is 90.8 Å². The smallest absolute Gasteiger partial charge is 0.255 e. The number of para-hydroxylation sites is 1. The highest BCUT2D eigenvalue weighted by Crippen LogP contribution is 2.24. The number of carbonyl (C=O) groups is 11. The van der Waals surface area contributed by atoms with Gasteiger partial charge < -0.3 is 108 Å². The highest BCUT2D eigenvalue weighted by Gasteiger charge is 2.37. The average Bonchev–Trinajstić information content (AvgIpc) is 1.61. The van der Waals surface area contributed by atoms with Gasteiger partial charge in [0.25, 0.3) is 5.91 Å². The van der Waals surface area contributed by atoms with Crippen molar-refractivity contribution < 1.29 is 52.7 Å². The van der Waals surface area contributed by atoms with Gasteiger partial charge in [-0.05, 0) is 166 Å². The molecule has 27 N–H and O–H groups in total. The minimum Gasteiger partial charge on any atom is -0.370 e. The van der Waals surface area contributed by atoms with Crippen molar-refractivity contribution >= 4 is 103 Å². The quantitative estimate of drug-likeness (QED) is 0.00999. The molecular weight excluding hydrogens is 1430 g/mol. The molecule has 1 unspecified atom stereocenters. The number of benzene rings is 2. The monoisotopic (exact) mass is 1540 g/mol. The number of nitrogens with two attached hydrogens (primary N) is 6. The van der Waals surface area contributed by atoms with Crippen LogP contribution < -0.4 is 98.2 Å². The Hall–Kier alpha value is -9.66. The third-order valence-corrected chi connectivity index (χ3v) is 19.9. The predicted octanol–water partition coefficient (Wildman–Crippen LogP) is -1.89. The molecule has 108 heavy (non-hydrogen) atoms. The number of aromatic nitrogens is 5. The number of aromatic amines is 3. The number of carbonyl (C=O) groups excluding carboxylic acids is 11. The molecule has 0 bridgehead atoms. The fourth-order valence-corrected chi connectivity index (χ4v) is 13.5. The van der Waals surface area contributed by atoms with E-state index in [1.54, 1.807) is 42.8 Å². The van der Waals surface area contributed by atoms with E-state index in [1.807, 2.05) is 24.3 Å². The maximum atomic E-state index is 15.3. The van der Waals surface area contributed by atoms with Crippen LogP contribution in [0, 0.1) is 0 Å². The third-order valence-electron chi connectivity index (χ3n) is 18.0. The first-order valence-corrected chi connectivity index (χ1v) is 39.4. The van der Waals surface area contributed by atoms with Gasteiger partial charge in [0.2, 0.25) is 59.1 Å². The van der Waals surface area contributed by atoms with Gasteiger partial charge in [0.05, 0.1) is 24.9 Å². The molecule has 3 aromatic heterocycles. The van der Waals surface area contributed by atoms with Crippen LogP contribution in [0.3, 0.4) is 0 Å². The Morgan fingerprint density at radius 2 is 0.843 bits per heavy atom. The lowest BCUT2D eigenvalue weighted by molar-refractivity contribution is -0.136. The number of aryl methyl sites for hydroxylation is 1. The van der Waals surface area contributed by atoms with Crippen LogP contribution in [0.4, 0.5) is 0 Å². The molecule has 1 aliphatic rings. The third kappa shape index (κ3) is 29.8. The summed E-state index contributed by atoms with van der Waals surface area (Å²) in [5.41, 5.74) is 38.1. The van der Waals surface area contributed by atoms with Gasteiger partial charge in [-0.2, -0.15) is 0 Å². The number of rotatable bonds is 31. The SMILES string of the molecule is CSSC1NC(=O)[C@H](CCCN=C(N)N)NC(=O)[C@H](CCCCN)NC(=O)[C@H](CCCCN)NC(=O)[C@H](CCCCN)NC(=O)[C@H](C)NC(=O)[C@H](C)NC(=O)[C@H](CCc2c[nH]c3ccccc23)NC(=O)[C@H](Cc2cnc[nH]2)NC(=O)[C@@H](Cc2ccccc2)NC(=O)[C@H](Cc2cnc[nH]2)N[C@H](CCCCN)NC1=O. The number of imidazole rings is 2. The normalized spacial score (nSPS) is 23.5. The van der Waals surface area contributed by atoms with Gasteiger partial charge >= 0.3 is 0 Å². The van der Waals surface area contributed by atoms with Crippen molar-refractivity contribution in [3.05, 3.63) is 108 Å². The molecule has 35 nitrogen and oxygen atoms in total. The lowest BCUT2D eigenvalue weighted by atomic mass is 10.0. The number of guanidine groups is 1. The van der Waals surface area contributed by atoms with Crippen molar-refractivity contribution in [3.8, 4) is 0 Å². The molecule has 6 rings (SSSR count). The molecule has 4 heterocycles. The Balaban J connectivity index is 1.45. The lowest BCUT2D eigenvalue weighted by Crippen LogP contribution is -2.62. The molecule has 0 aliphatic carbocycles. The number of nitrogens with zero attached hydrogens (tertiary/aromatic N) is 3. The van der Waals surface area contributed by atoms with Crippen LogP contribution in [0.25, 0.3) is 10.9 Å². The zero-order chi connectivity index (χ0) is 78.3. The summed E-state index contributed by atoms with van der Waals surface area (Å²) in [6.45, 7) is 3.79. The standard InChI is InChI=1S/C71H110N24O11S2/c1-42-59(96)84-43(2)60(97)87-50(22-9-13-29-72)62(99)88-51(23-10-14-30-73)63(100)89-52(24-11-15-31-74)64(101)90-53(25-17-33-80-71(76)77)65(102)95-70(108-107-3)69(106)94-58(26-12-16-32-75)86-56(35-46-38-78-40-82-46)67(104)92-55(34-44-18-5-4-6-19-44)66(103)93-57(36-47-39-79-41-83-47)68(105)91-54(61(98)85-42)28-27-45-37-81-49-21-8-7-20-48(45)49/h4-8,18-21,37-43,50-58,70,81,86H,9-17,22-36,72-75H2,1-3H3,(H,78,82)(H,79,83)(H,84,96)(H,85,98)(H,87,97)(H,88,99)(H,89,100)(H,90,101)(H,91,105)(H,92,104)(H,93,103)(H,94,106)(H,95,102)(H4,76,77,80)/t42-,43-,50-,51-,52-,53-,54-,55+,56-,57-,58-,70?/m0/s1. The zero-order valence-electron chi connectivity index (χ0n) is 61.6. The number of aliphatic imine (C=N–C) groups is 1. The lowest BCUT2D eigenvalue weighted by Gasteiger charge is -2.30. The van der Waals surface area contributed by atoms with Crippen LogP contribution >= 0.6 is 21.6 Å². The van der Waals surface area contributed by atoms with Crippen LogP contribution in [0.2, 0.25) is 0 Å². The number of H-pyrrole nitrogens is 3. The van der Waals surface area contributed by atoms with E-state index in [1.165, 1.54) is 38.9 Å². The van der Waals surface area contributed by atoms with Gasteiger partial charge in [-0.15, -0.1) is 0 Å². The Morgan fingerprint density at radius 1 is 0.426 bits per heavy atom. The predicted molar refractivity (Wildman–Crippen MR) is 413 cm³/mol. The van der Waals surface area contributed by atoms with Gasteiger partial charge in [0, 0.05) is 66.7 Å². The van der Waals surface area contributed by atoms with E-state index in [0.717, 1.165) is 38.1 Å². The van der Waals surface area contributed by atoms with Crippen molar-refractivity contribution in [1.29, 1.82) is 0 Å². The van der Waals surface area contributed by atoms with Crippen molar-refractivity contribution in [3.63, 3.8) is 0 Å². The highest BCUT2D eigenvalue weighted by molar-refractivity contribution is 8.76. The second-order valence-corrected chi connectivity index (χ2v) is 29.1. The number of fused-ring (bicyclic) bond motifs is 1. The second kappa shape index (κ2) is 47.2. The van der Waals surface area contributed by atoms with Crippen LogP contribution in [0.5, 0.6) is 0 Å². The average molecular weight is 1540 g/mol. The van der Waals surface area contributed by atoms with Crippen molar-refractivity contribution in [1.82, 2.24) is 88.7 Å². The maximum Gasteiger partial charge on any atom is 0.255 e. The summed E-state index contributed by atoms with van der Waals surface area (Å²) in [4.78, 5) is 184. The minimum absolute atomic E-state index is 0.0204. The number of nitrogens with one attached hydrogen (secondary N) is 15. The van der Waals surface area contributed by atoms with Crippen molar-refractivity contribution in [2.75, 3.05) is 39.0 Å². The molecule has 1 fully saturated rings. The minimum atomic E-state index is -1.46. The summed E-state index contributed by atoms with van der Waals surface area (Å²) >= 11 is 0. The molecule has 11 amide bonds. The molecule has 592 valence electrons. The number of hydrogen-bond acceptors (Lipinski definition) is 21. The van der Waals surface area contributed by atoms with Crippen LogP contribution in [-0.4, -0.2) is 207 Å². The van der Waals surface area contributed by atoms with E-state index in [2.05, 4.69) is 93.7 Å². The Kier molecular flexibility index (Phi) is 38.1. The van der Waals surface area contributed by atoms with E-state index < -0.39 is 137 Å². The van der Waals surface area contributed by atoms with E-state index in [-0.39, 0.29) is 109 Å². The molecule has 1 saturated heterocycles. The second-order valence-electron chi connectivity index (χ2n) is 26.6. The first kappa shape index (κ1) is 87.3. The fourth-order valence-electron chi connectivity index (χ4n) is 12.0. The Labute approximate surface area is 636 Å². The summed E-state index contributed by atoms with van der Waals surface area (Å²) in [7, 11) is 2.13. The molecule has 5 aromatic rings. The molecule has 37 heteroatoms. The van der Waals surface area contributed by atoms with E-state index >= 15 is 14.4 Å². The van der Waals surface area contributed by atoms with Crippen molar-refractivity contribution in [2.24, 2.45) is 39.4 Å². The Bertz CT molecular complexity index is 3680. The largest absolute Gasteiger partial charge is 0.370 e. The van der Waals surface area contributed by atoms with Crippen LogP contribution in [0.1, 0.15) is 133 Å². The maximum absolute atomic E-state index is 15.3. The molecule has 12 atom stereocenters. The van der Waals surface area contributed by atoms with Gasteiger partial charge in [-0.3, -0.25) is 63.0 Å². The summed E-state index contributed by atoms with van der Waals surface area (Å²) in [5, 5.41) is 33.5.